The highest BCUT2D eigenvalue weighted by molar-refractivity contribution is 5.40. The van der Waals surface area contributed by atoms with Gasteiger partial charge in [-0.05, 0) is 38.2 Å². The second-order valence-corrected chi connectivity index (χ2v) is 7.12. The molecule has 2 heterocycles. The minimum absolute atomic E-state index is 0.200. The Morgan fingerprint density at radius 1 is 1.10 bits per heavy atom. The van der Waals surface area contributed by atoms with E-state index in [4.69, 9.17) is 15.2 Å². The molecule has 1 aromatic rings. The fourth-order valence-electron chi connectivity index (χ4n) is 4.53. The van der Waals surface area contributed by atoms with Crippen LogP contribution in [0.5, 0.6) is 5.75 Å². The van der Waals surface area contributed by atoms with Gasteiger partial charge in [-0.3, -0.25) is 0 Å². The molecule has 1 saturated heterocycles. The Labute approximate surface area is 126 Å². The maximum Gasteiger partial charge on any atom is 0.124 e. The van der Waals surface area contributed by atoms with Gasteiger partial charge in [0.2, 0.25) is 0 Å². The molecule has 4 rings (SSSR count). The topological polar surface area (TPSA) is 44.5 Å². The molecule has 2 unspecified atom stereocenters. The van der Waals surface area contributed by atoms with Crippen molar-refractivity contribution in [3.63, 3.8) is 0 Å². The highest BCUT2D eigenvalue weighted by Crippen LogP contribution is 2.47. The van der Waals surface area contributed by atoms with Crippen LogP contribution in [0.1, 0.15) is 56.9 Å². The number of hydrogen-bond acceptors (Lipinski definition) is 3. The lowest BCUT2D eigenvalue weighted by Gasteiger charge is -2.37. The fraction of sp³-hybridized carbons (Fsp3) is 0.667. The Hall–Kier alpha value is -1.06. The van der Waals surface area contributed by atoms with E-state index >= 15 is 0 Å². The summed E-state index contributed by atoms with van der Waals surface area (Å²) in [6, 6.07) is 8.23. The standard InChI is InChI=1S/C18H25NO2/c19-18(11-12-20-16-6-2-1-5-15(16)18)13-14-7-10-17(21-14)8-3-4-9-17/h1-2,5-6,14H,3-4,7-13,19H2. The van der Waals surface area contributed by atoms with Crippen LogP contribution >= 0.6 is 0 Å². The van der Waals surface area contributed by atoms with E-state index in [-0.39, 0.29) is 11.1 Å². The smallest absolute Gasteiger partial charge is 0.124 e. The molecule has 21 heavy (non-hydrogen) atoms. The molecule has 1 saturated carbocycles. The SMILES string of the molecule is NC1(CC2CCC3(CCCC3)O2)CCOc2ccccc21. The molecule has 3 aliphatic rings. The largest absolute Gasteiger partial charge is 0.493 e. The second-order valence-electron chi connectivity index (χ2n) is 7.12. The number of ether oxygens (including phenoxy) is 2. The molecule has 2 atom stereocenters. The highest BCUT2D eigenvalue weighted by atomic mass is 16.5. The minimum Gasteiger partial charge on any atom is -0.493 e. The molecule has 1 spiro atoms. The van der Waals surface area contributed by atoms with E-state index in [1.807, 2.05) is 12.1 Å². The van der Waals surface area contributed by atoms with E-state index in [0.717, 1.165) is 24.2 Å². The average molecular weight is 287 g/mol. The van der Waals surface area contributed by atoms with Gasteiger partial charge in [-0.1, -0.05) is 31.0 Å². The lowest BCUT2D eigenvalue weighted by molar-refractivity contribution is -0.0486. The van der Waals surface area contributed by atoms with Crippen LogP contribution in [0.4, 0.5) is 0 Å². The van der Waals surface area contributed by atoms with E-state index in [0.29, 0.717) is 12.7 Å². The maximum atomic E-state index is 6.78. The van der Waals surface area contributed by atoms with Crippen molar-refractivity contribution in [3.05, 3.63) is 29.8 Å². The van der Waals surface area contributed by atoms with Crippen molar-refractivity contribution in [3.8, 4) is 5.75 Å². The molecular formula is C18H25NO2. The predicted molar refractivity (Wildman–Crippen MR) is 82.3 cm³/mol. The lowest BCUT2D eigenvalue weighted by atomic mass is 9.80. The van der Waals surface area contributed by atoms with Crippen molar-refractivity contribution in [1.29, 1.82) is 0 Å². The first kappa shape index (κ1) is 13.6. The number of para-hydroxylation sites is 1. The van der Waals surface area contributed by atoms with Gasteiger partial charge in [0.25, 0.3) is 0 Å². The molecule has 2 aliphatic heterocycles. The molecule has 0 aromatic heterocycles. The summed E-state index contributed by atoms with van der Waals surface area (Å²) < 4.78 is 12.2. The molecule has 2 N–H and O–H groups in total. The summed E-state index contributed by atoms with van der Waals surface area (Å²) in [6.07, 6.45) is 9.69. The van der Waals surface area contributed by atoms with Gasteiger partial charge in [-0.2, -0.15) is 0 Å². The monoisotopic (exact) mass is 287 g/mol. The minimum atomic E-state index is -0.288. The number of benzene rings is 1. The van der Waals surface area contributed by atoms with Crippen LogP contribution in [0, 0.1) is 0 Å². The molecule has 3 heteroatoms. The van der Waals surface area contributed by atoms with E-state index in [1.54, 1.807) is 0 Å². The van der Waals surface area contributed by atoms with Gasteiger partial charge in [0.05, 0.1) is 23.9 Å². The molecule has 1 aliphatic carbocycles. The molecule has 0 amide bonds. The summed E-state index contributed by atoms with van der Waals surface area (Å²) in [5, 5.41) is 0. The van der Waals surface area contributed by atoms with Crippen molar-refractivity contribution in [2.45, 2.75) is 68.6 Å². The number of nitrogens with two attached hydrogens (primary N) is 1. The molecule has 0 bridgehead atoms. The third-order valence-electron chi connectivity index (χ3n) is 5.67. The summed E-state index contributed by atoms with van der Waals surface area (Å²) in [4.78, 5) is 0. The summed E-state index contributed by atoms with van der Waals surface area (Å²) in [6.45, 7) is 0.714. The van der Waals surface area contributed by atoms with Gasteiger partial charge in [0.15, 0.2) is 0 Å². The van der Waals surface area contributed by atoms with E-state index in [9.17, 15) is 0 Å². The van der Waals surface area contributed by atoms with Crippen LogP contribution in [-0.2, 0) is 10.3 Å². The number of rotatable bonds is 2. The summed E-state index contributed by atoms with van der Waals surface area (Å²) >= 11 is 0. The highest BCUT2D eigenvalue weighted by Gasteiger charge is 2.45. The summed E-state index contributed by atoms with van der Waals surface area (Å²) in [5.74, 6) is 0.958. The first-order valence-corrected chi connectivity index (χ1v) is 8.38. The van der Waals surface area contributed by atoms with E-state index in [2.05, 4.69) is 12.1 Å². The first-order valence-electron chi connectivity index (χ1n) is 8.38. The normalized spacial score (nSPS) is 33.9. The van der Waals surface area contributed by atoms with E-state index < -0.39 is 0 Å². The van der Waals surface area contributed by atoms with Crippen molar-refractivity contribution < 1.29 is 9.47 Å². The Bertz CT molecular complexity index is 524. The van der Waals surface area contributed by atoms with E-state index in [1.165, 1.54) is 38.5 Å². The van der Waals surface area contributed by atoms with Crippen LogP contribution in [0.15, 0.2) is 24.3 Å². The number of hydrogen-bond donors (Lipinski definition) is 1. The molecular weight excluding hydrogens is 262 g/mol. The zero-order valence-corrected chi connectivity index (χ0v) is 12.6. The van der Waals surface area contributed by atoms with Gasteiger partial charge >= 0.3 is 0 Å². The summed E-state index contributed by atoms with van der Waals surface area (Å²) in [7, 11) is 0. The third kappa shape index (κ3) is 2.36. The van der Waals surface area contributed by atoms with Crippen LogP contribution in [-0.4, -0.2) is 18.3 Å². The first-order chi connectivity index (χ1) is 10.2. The molecule has 3 nitrogen and oxygen atoms in total. The Kier molecular flexibility index (Phi) is 3.23. The van der Waals surface area contributed by atoms with Gasteiger partial charge in [0, 0.05) is 12.0 Å². The average Bonchev–Trinajstić information content (AvgIpc) is 3.10. The van der Waals surface area contributed by atoms with Gasteiger partial charge in [-0.25, -0.2) is 0 Å². The van der Waals surface area contributed by atoms with Gasteiger partial charge in [0.1, 0.15) is 5.75 Å². The van der Waals surface area contributed by atoms with Crippen LogP contribution in [0.25, 0.3) is 0 Å². The van der Waals surface area contributed by atoms with Crippen molar-refractivity contribution in [2.75, 3.05) is 6.61 Å². The van der Waals surface area contributed by atoms with Gasteiger partial charge in [-0.15, -0.1) is 0 Å². The predicted octanol–water partition coefficient (Wildman–Crippen LogP) is 3.51. The van der Waals surface area contributed by atoms with Crippen LogP contribution in [0.2, 0.25) is 0 Å². The maximum absolute atomic E-state index is 6.78. The molecule has 2 fully saturated rings. The quantitative estimate of drug-likeness (QED) is 0.905. The van der Waals surface area contributed by atoms with Gasteiger partial charge < -0.3 is 15.2 Å². The number of fused-ring (bicyclic) bond motifs is 1. The molecule has 0 radical (unpaired) electrons. The third-order valence-corrected chi connectivity index (χ3v) is 5.67. The molecule has 114 valence electrons. The van der Waals surface area contributed by atoms with Crippen molar-refractivity contribution in [1.82, 2.24) is 0 Å². The summed E-state index contributed by atoms with van der Waals surface area (Å²) in [5.41, 5.74) is 7.85. The van der Waals surface area contributed by atoms with Crippen molar-refractivity contribution >= 4 is 0 Å². The zero-order valence-electron chi connectivity index (χ0n) is 12.6. The van der Waals surface area contributed by atoms with Crippen molar-refractivity contribution in [2.24, 2.45) is 5.73 Å². The Balaban J connectivity index is 1.52. The van der Waals surface area contributed by atoms with Crippen LogP contribution in [0.3, 0.4) is 0 Å². The zero-order chi connectivity index (χ0) is 14.3. The molecule has 1 aromatic carbocycles. The lowest BCUT2D eigenvalue weighted by Crippen LogP contribution is -2.44. The fourth-order valence-corrected chi connectivity index (χ4v) is 4.53. The Morgan fingerprint density at radius 2 is 1.90 bits per heavy atom. The Morgan fingerprint density at radius 3 is 2.76 bits per heavy atom. The second kappa shape index (κ2) is 4.99. The van der Waals surface area contributed by atoms with Crippen LogP contribution < -0.4 is 10.5 Å².